The molecule has 1 aliphatic heterocycles. The Bertz CT molecular complexity index is 838. The molecule has 116 valence electrons. The van der Waals surface area contributed by atoms with Crippen molar-refractivity contribution in [3.05, 3.63) is 63.9 Å². The molecule has 0 fully saturated rings. The van der Waals surface area contributed by atoms with Crippen LogP contribution >= 0.6 is 15.9 Å². The minimum atomic E-state index is -0.801. The second-order valence-electron chi connectivity index (χ2n) is 4.89. The third-order valence-electron chi connectivity index (χ3n) is 3.40. The number of halogens is 2. The van der Waals surface area contributed by atoms with Crippen molar-refractivity contribution in [2.24, 2.45) is 0 Å². The maximum absolute atomic E-state index is 13.7. The number of hydrogen-bond acceptors (Lipinski definition) is 3. The summed E-state index contributed by atoms with van der Waals surface area (Å²) in [5.41, 5.74) is 0.204. The molecule has 5 nitrogen and oxygen atoms in total. The van der Waals surface area contributed by atoms with E-state index in [0.29, 0.717) is 10.2 Å². The molecule has 0 radical (unpaired) electrons. The maximum atomic E-state index is 13.7. The van der Waals surface area contributed by atoms with Crippen LogP contribution in [0.3, 0.4) is 0 Å². The number of amides is 3. The zero-order chi connectivity index (χ0) is 16.6. The van der Waals surface area contributed by atoms with Crippen LogP contribution in [0.15, 0.2) is 46.9 Å². The molecule has 1 N–H and O–H groups in total. The quantitative estimate of drug-likeness (QED) is 0.837. The van der Waals surface area contributed by atoms with E-state index >= 15 is 0 Å². The van der Waals surface area contributed by atoms with Crippen molar-refractivity contribution in [3.63, 3.8) is 0 Å². The smallest absolute Gasteiger partial charge is 0.265 e. The molecule has 2 aromatic carbocycles. The second kappa shape index (κ2) is 5.92. The van der Waals surface area contributed by atoms with Gasteiger partial charge in [-0.25, -0.2) is 4.39 Å². The van der Waals surface area contributed by atoms with E-state index in [2.05, 4.69) is 21.2 Å². The van der Waals surface area contributed by atoms with E-state index < -0.39 is 30.1 Å². The van der Waals surface area contributed by atoms with E-state index in [9.17, 15) is 18.8 Å². The van der Waals surface area contributed by atoms with Crippen LogP contribution in [-0.4, -0.2) is 29.2 Å². The second-order valence-corrected chi connectivity index (χ2v) is 5.74. The summed E-state index contributed by atoms with van der Waals surface area (Å²) in [4.78, 5) is 37.1. The summed E-state index contributed by atoms with van der Waals surface area (Å²) in [6, 6.07) is 10.8. The molecule has 2 aromatic rings. The Morgan fingerprint density at radius 2 is 1.83 bits per heavy atom. The molecule has 1 aliphatic rings. The molecule has 0 spiro atoms. The SMILES string of the molecule is O=C(CN1C(=O)c2cccc(F)c2C1=O)Nc1ccccc1Br. The Labute approximate surface area is 139 Å². The van der Waals surface area contributed by atoms with Crippen molar-refractivity contribution in [1.82, 2.24) is 4.90 Å². The summed E-state index contributed by atoms with van der Waals surface area (Å²) in [6.45, 7) is -0.479. The van der Waals surface area contributed by atoms with Gasteiger partial charge in [-0.05, 0) is 40.2 Å². The van der Waals surface area contributed by atoms with Gasteiger partial charge < -0.3 is 5.32 Å². The third-order valence-corrected chi connectivity index (χ3v) is 4.09. The number of anilines is 1. The van der Waals surface area contributed by atoms with Gasteiger partial charge in [0.25, 0.3) is 11.8 Å². The molecule has 0 unspecified atom stereocenters. The molecule has 0 saturated carbocycles. The van der Waals surface area contributed by atoms with Crippen molar-refractivity contribution in [1.29, 1.82) is 0 Å². The minimum absolute atomic E-state index is 0.0244. The molecule has 3 rings (SSSR count). The number of hydrogen-bond donors (Lipinski definition) is 1. The van der Waals surface area contributed by atoms with Gasteiger partial charge in [0.1, 0.15) is 12.4 Å². The van der Waals surface area contributed by atoms with Gasteiger partial charge in [-0.15, -0.1) is 0 Å². The number of fused-ring (bicyclic) bond motifs is 1. The fourth-order valence-corrected chi connectivity index (χ4v) is 2.72. The monoisotopic (exact) mass is 376 g/mol. The Kier molecular flexibility index (Phi) is 3.96. The topological polar surface area (TPSA) is 66.5 Å². The van der Waals surface area contributed by atoms with Gasteiger partial charge in [-0.3, -0.25) is 19.3 Å². The molecule has 0 atom stereocenters. The van der Waals surface area contributed by atoms with E-state index in [1.807, 2.05) is 0 Å². The first-order valence-electron chi connectivity index (χ1n) is 6.68. The van der Waals surface area contributed by atoms with Crippen molar-refractivity contribution in [2.75, 3.05) is 11.9 Å². The first kappa shape index (κ1) is 15.4. The molecular weight excluding hydrogens is 367 g/mol. The van der Waals surface area contributed by atoms with Crippen LogP contribution in [0.25, 0.3) is 0 Å². The molecule has 7 heteroatoms. The Morgan fingerprint density at radius 1 is 1.09 bits per heavy atom. The highest BCUT2D eigenvalue weighted by molar-refractivity contribution is 9.10. The van der Waals surface area contributed by atoms with Gasteiger partial charge in [-0.2, -0.15) is 0 Å². The highest BCUT2D eigenvalue weighted by atomic mass is 79.9. The highest BCUT2D eigenvalue weighted by Crippen LogP contribution is 2.25. The van der Waals surface area contributed by atoms with E-state index in [0.717, 1.165) is 11.0 Å². The van der Waals surface area contributed by atoms with Crippen LogP contribution in [0.2, 0.25) is 0 Å². The molecule has 3 amide bonds. The van der Waals surface area contributed by atoms with E-state index in [1.165, 1.54) is 12.1 Å². The zero-order valence-corrected chi connectivity index (χ0v) is 13.3. The van der Waals surface area contributed by atoms with Gasteiger partial charge >= 0.3 is 0 Å². The summed E-state index contributed by atoms with van der Waals surface area (Å²) in [6.07, 6.45) is 0. The number of carbonyl (C=O) groups excluding carboxylic acids is 3. The molecule has 1 heterocycles. The van der Waals surface area contributed by atoms with Crippen molar-refractivity contribution >= 4 is 39.3 Å². The Hall–Kier alpha value is -2.54. The van der Waals surface area contributed by atoms with Gasteiger partial charge in [0.15, 0.2) is 0 Å². The summed E-state index contributed by atoms with van der Waals surface area (Å²) >= 11 is 3.28. The van der Waals surface area contributed by atoms with Crippen LogP contribution in [0.4, 0.5) is 10.1 Å². The lowest BCUT2D eigenvalue weighted by molar-refractivity contribution is -0.116. The fourth-order valence-electron chi connectivity index (χ4n) is 2.33. The lowest BCUT2D eigenvalue weighted by Crippen LogP contribution is -2.37. The lowest BCUT2D eigenvalue weighted by Gasteiger charge is -2.14. The minimum Gasteiger partial charge on any atom is -0.324 e. The van der Waals surface area contributed by atoms with Gasteiger partial charge in [-0.1, -0.05) is 18.2 Å². The first-order chi connectivity index (χ1) is 11.0. The molecule has 0 aromatic heterocycles. The van der Waals surface area contributed by atoms with Gasteiger partial charge in [0.05, 0.1) is 16.8 Å². The molecule has 0 bridgehead atoms. The highest BCUT2D eigenvalue weighted by Gasteiger charge is 2.38. The predicted octanol–water partition coefficient (Wildman–Crippen LogP) is 2.82. The number of nitrogens with one attached hydrogen (secondary N) is 1. The molecule has 0 aliphatic carbocycles. The van der Waals surface area contributed by atoms with Crippen molar-refractivity contribution < 1.29 is 18.8 Å². The van der Waals surface area contributed by atoms with E-state index in [4.69, 9.17) is 0 Å². The Morgan fingerprint density at radius 3 is 2.52 bits per heavy atom. The normalized spacial score (nSPS) is 13.2. The standard InChI is InChI=1S/C16H10BrFN2O3/c17-10-5-1-2-7-12(10)19-13(21)8-20-15(22)9-4-3-6-11(18)14(9)16(20)23/h1-7H,8H2,(H,19,21). The summed E-state index contributed by atoms with van der Waals surface area (Å²) in [5.74, 6) is -2.79. The fraction of sp³-hybridized carbons (Fsp3) is 0.0625. The van der Waals surface area contributed by atoms with Crippen molar-refractivity contribution in [3.8, 4) is 0 Å². The van der Waals surface area contributed by atoms with Crippen LogP contribution in [-0.2, 0) is 4.79 Å². The maximum Gasteiger partial charge on any atom is 0.265 e. The number of carbonyl (C=O) groups is 3. The van der Waals surface area contributed by atoms with Gasteiger partial charge in [0, 0.05) is 4.47 Å². The molecule has 23 heavy (non-hydrogen) atoms. The molecule has 0 saturated heterocycles. The van der Waals surface area contributed by atoms with E-state index in [-0.39, 0.29) is 11.1 Å². The van der Waals surface area contributed by atoms with Crippen LogP contribution in [0.5, 0.6) is 0 Å². The number of imide groups is 1. The largest absolute Gasteiger partial charge is 0.324 e. The predicted molar refractivity (Wildman–Crippen MR) is 84.5 cm³/mol. The number of para-hydroxylation sites is 1. The van der Waals surface area contributed by atoms with Crippen LogP contribution in [0.1, 0.15) is 20.7 Å². The Balaban J connectivity index is 1.78. The van der Waals surface area contributed by atoms with E-state index in [1.54, 1.807) is 24.3 Å². The number of nitrogens with zero attached hydrogens (tertiary/aromatic N) is 1. The average molecular weight is 377 g/mol. The number of benzene rings is 2. The lowest BCUT2D eigenvalue weighted by atomic mass is 10.1. The summed E-state index contributed by atoms with van der Waals surface area (Å²) in [7, 11) is 0. The van der Waals surface area contributed by atoms with Gasteiger partial charge in [0.2, 0.25) is 5.91 Å². The first-order valence-corrected chi connectivity index (χ1v) is 7.47. The average Bonchev–Trinajstić information content (AvgIpc) is 2.76. The summed E-state index contributed by atoms with van der Waals surface area (Å²) in [5, 5.41) is 2.59. The zero-order valence-electron chi connectivity index (χ0n) is 11.7. The molecular formula is C16H10BrFN2O3. The summed E-state index contributed by atoms with van der Waals surface area (Å²) < 4.78 is 14.4. The third kappa shape index (κ3) is 2.75. The van der Waals surface area contributed by atoms with Crippen LogP contribution < -0.4 is 5.32 Å². The number of rotatable bonds is 3. The van der Waals surface area contributed by atoms with Crippen LogP contribution in [0, 0.1) is 5.82 Å². The van der Waals surface area contributed by atoms with Crippen molar-refractivity contribution in [2.45, 2.75) is 0 Å².